The van der Waals surface area contributed by atoms with E-state index in [9.17, 15) is 10.1 Å². The number of ether oxygens (including phenoxy) is 2. The monoisotopic (exact) mass is 455 g/mol. The van der Waals surface area contributed by atoms with Gasteiger partial charge in [-0.25, -0.2) is 4.52 Å². The predicted octanol–water partition coefficient (Wildman–Crippen LogP) is 4.82. The van der Waals surface area contributed by atoms with Gasteiger partial charge in [0.1, 0.15) is 17.6 Å². The Bertz CT molecular complexity index is 1320. The topological polar surface area (TPSA) is 101 Å². The molecule has 0 unspecified atom stereocenters. The van der Waals surface area contributed by atoms with Gasteiger partial charge in [-0.1, -0.05) is 18.2 Å². The first-order chi connectivity index (χ1) is 16.6. The number of nitrogens with one attached hydrogen (secondary N) is 2. The Balaban J connectivity index is 1.59. The lowest BCUT2D eigenvalue weighted by atomic mass is 10.1. The molecule has 2 N–H and O–H groups in total. The Hall–Kier alpha value is -4.35. The van der Waals surface area contributed by atoms with Gasteiger partial charge in [0.2, 0.25) is 0 Å². The molecule has 0 atom stereocenters. The molecule has 8 nitrogen and oxygen atoms in total. The summed E-state index contributed by atoms with van der Waals surface area (Å²) in [7, 11) is 0. The number of fused-ring (bicyclic) bond motifs is 1. The lowest BCUT2D eigenvalue weighted by Gasteiger charge is -2.12. The van der Waals surface area contributed by atoms with E-state index in [-0.39, 0.29) is 5.91 Å². The first-order valence-corrected chi connectivity index (χ1v) is 11.0. The molecule has 172 valence electrons. The third-order valence-corrected chi connectivity index (χ3v) is 5.26. The van der Waals surface area contributed by atoms with Gasteiger partial charge in [-0.15, -0.1) is 0 Å². The highest BCUT2D eigenvalue weighted by atomic mass is 16.5. The number of aryl methyl sites for hydroxylation is 1. The zero-order chi connectivity index (χ0) is 23.9. The molecule has 2 aromatic carbocycles. The number of rotatable bonds is 9. The Morgan fingerprint density at radius 1 is 1.12 bits per heavy atom. The zero-order valence-corrected chi connectivity index (χ0v) is 19.0. The summed E-state index contributed by atoms with van der Waals surface area (Å²) in [5, 5.41) is 20.2. The summed E-state index contributed by atoms with van der Waals surface area (Å²) in [6.07, 6.45) is 3.16. The van der Waals surface area contributed by atoms with Gasteiger partial charge in [-0.3, -0.25) is 4.79 Å². The molecule has 0 aliphatic rings. The molecule has 0 saturated heterocycles. The minimum Gasteiger partial charge on any atom is -0.457 e. The summed E-state index contributed by atoms with van der Waals surface area (Å²) in [6.45, 7) is 5.21. The van der Waals surface area contributed by atoms with Crippen molar-refractivity contribution in [3.05, 3.63) is 83.7 Å². The number of amides is 1. The van der Waals surface area contributed by atoms with Crippen molar-refractivity contribution < 1.29 is 14.3 Å². The first-order valence-electron chi connectivity index (χ1n) is 11.0. The smallest absolute Gasteiger partial charge is 0.253 e. The van der Waals surface area contributed by atoms with Crippen LogP contribution in [0.5, 0.6) is 11.5 Å². The molecule has 0 spiro atoms. The molecule has 4 aromatic rings. The molecule has 8 heteroatoms. The Labute approximate surface area is 197 Å². The number of nitrogens with zero attached hydrogens (tertiary/aromatic N) is 3. The van der Waals surface area contributed by atoms with E-state index in [0.717, 1.165) is 17.0 Å². The van der Waals surface area contributed by atoms with Gasteiger partial charge >= 0.3 is 0 Å². The molecule has 2 heterocycles. The molecule has 1 amide bonds. The summed E-state index contributed by atoms with van der Waals surface area (Å²) in [5.41, 5.74) is 3.62. The quantitative estimate of drug-likeness (QED) is 0.351. The molecule has 34 heavy (non-hydrogen) atoms. The molecular weight excluding hydrogens is 430 g/mol. The van der Waals surface area contributed by atoms with Gasteiger partial charge < -0.3 is 20.1 Å². The zero-order valence-electron chi connectivity index (χ0n) is 19.0. The lowest BCUT2D eigenvalue weighted by Crippen LogP contribution is -2.27. The molecule has 0 bridgehead atoms. The van der Waals surface area contributed by atoms with Gasteiger partial charge in [0.25, 0.3) is 5.91 Å². The van der Waals surface area contributed by atoms with E-state index in [4.69, 9.17) is 9.47 Å². The number of hydrogen-bond acceptors (Lipinski definition) is 6. The van der Waals surface area contributed by atoms with Crippen LogP contribution in [-0.2, 0) is 4.74 Å². The van der Waals surface area contributed by atoms with Crippen LogP contribution in [-0.4, -0.2) is 35.3 Å². The van der Waals surface area contributed by atoms with E-state index in [2.05, 4.69) is 21.8 Å². The second-order valence-corrected chi connectivity index (χ2v) is 7.52. The van der Waals surface area contributed by atoms with Gasteiger partial charge in [-0.2, -0.15) is 10.4 Å². The molecule has 0 radical (unpaired) electrons. The number of carbonyl (C=O) groups excluding carboxylic acids is 1. The minimum absolute atomic E-state index is 0.213. The molecule has 0 fully saturated rings. The Kier molecular flexibility index (Phi) is 7.06. The second-order valence-electron chi connectivity index (χ2n) is 7.52. The van der Waals surface area contributed by atoms with Crippen LogP contribution >= 0.6 is 0 Å². The fraction of sp³-hybridized carbons (Fsp3) is 0.192. The van der Waals surface area contributed by atoms with Crippen molar-refractivity contribution in [2.45, 2.75) is 13.8 Å². The van der Waals surface area contributed by atoms with E-state index < -0.39 is 0 Å². The summed E-state index contributed by atoms with van der Waals surface area (Å²) in [6, 6.07) is 19.2. The molecule has 0 saturated carbocycles. The number of anilines is 2. The number of nitriles is 1. The van der Waals surface area contributed by atoms with E-state index in [1.165, 1.54) is 6.20 Å². The summed E-state index contributed by atoms with van der Waals surface area (Å²) < 4.78 is 12.7. The van der Waals surface area contributed by atoms with E-state index in [1.54, 1.807) is 10.7 Å². The molecular formula is C26H25N5O3. The fourth-order valence-corrected chi connectivity index (χ4v) is 3.58. The number of aromatic nitrogens is 2. The van der Waals surface area contributed by atoms with Gasteiger partial charge in [0.05, 0.1) is 35.1 Å². The van der Waals surface area contributed by atoms with Crippen LogP contribution in [0.4, 0.5) is 11.4 Å². The third-order valence-electron chi connectivity index (χ3n) is 5.26. The average molecular weight is 456 g/mol. The van der Waals surface area contributed by atoms with Crippen molar-refractivity contribution in [1.82, 2.24) is 14.9 Å². The SMILES string of the molecule is CCOCCNC(=O)c1cn2ncc(C#N)c(Nc3ccc(Oc4ccccc4)cc3)c2c1C. The van der Waals surface area contributed by atoms with E-state index >= 15 is 0 Å². The third kappa shape index (κ3) is 5.00. The van der Waals surface area contributed by atoms with Crippen LogP contribution in [0, 0.1) is 18.3 Å². The van der Waals surface area contributed by atoms with Crippen molar-refractivity contribution >= 4 is 22.8 Å². The van der Waals surface area contributed by atoms with Gasteiger partial charge in [0.15, 0.2) is 0 Å². The van der Waals surface area contributed by atoms with Crippen LogP contribution < -0.4 is 15.4 Å². The van der Waals surface area contributed by atoms with Crippen molar-refractivity contribution in [1.29, 1.82) is 5.26 Å². The maximum atomic E-state index is 12.7. The minimum atomic E-state index is -0.213. The van der Waals surface area contributed by atoms with Gasteiger partial charge in [-0.05, 0) is 55.8 Å². The van der Waals surface area contributed by atoms with Crippen LogP contribution in [0.15, 0.2) is 67.0 Å². The predicted molar refractivity (Wildman–Crippen MR) is 130 cm³/mol. The number of benzene rings is 2. The average Bonchev–Trinajstić information content (AvgIpc) is 3.20. The van der Waals surface area contributed by atoms with Crippen LogP contribution in [0.25, 0.3) is 5.52 Å². The standard InChI is InChI=1S/C26H25N5O3/c1-3-33-14-13-28-26(32)23-17-31-25(18(23)2)24(19(15-27)16-29-31)30-20-9-11-22(12-10-20)34-21-7-5-4-6-8-21/h4-12,16-17,30H,3,13-14H2,1-2H3,(H,28,32). The maximum Gasteiger partial charge on any atom is 0.253 e. The van der Waals surface area contributed by atoms with Crippen LogP contribution in [0.3, 0.4) is 0 Å². The number of para-hydroxylation sites is 1. The molecule has 2 aromatic heterocycles. The highest BCUT2D eigenvalue weighted by Gasteiger charge is 2.19. The van der Waals surface area contributed by atoms with E-state index in [1.807, 2.05) is 68.4 Å². The first kappa shape index (κ1) is 22.8. The summed E-state index contributed by atoms with van der Waals surface area (Å²) >= 11 is 0. The normalized spacial score (nSPS) is 10.6. The highest BCUT2D eigenvalue weighted by molar-refractivity contribution is 6.00. The molecule has 0 aliphatic carbocycles. The number of carbonyl (C=O) groups is 1. The van der Waals surface area contributed by atoms with Crippen molar-refractivity contribution in [3.63, 3.8) is 0 Å². The summed E-state index contributed by atoms with van der Waals surface area (Å²) in [4.78, 5) is 12.7. The summed E-state index contributed by atoms with van der Waals surface area (Å²) in [5.74, 6) is 1.23. The molecule has 4 rings (SSSR count). The van der Waals surface area contributed by atoms with E-state index in [0.29, 0.717) is 47.8 Å². The highest BCUT2D eigenvalue weighted by Crippen LogP contribution is 2.31. The largest absolute Gasteiger partial charge is 0.457 e. The fourth-order valence-electron chi connectivity index (χ4n) is 3.58. The Morgan fingerprint density at radius 2 is 1.85 bits per heavy atom. The van der Waals surface area contributed by atoms with Gasteiger partial charge in [0, 0.05) is 25.0 Å². The van der Waals surface area contributed by atoms with Crippen LogP contribution in [0.1, 0.15) is 28.4 Å². The maximum absolute atomic E-state index is 12.7. The lowest BCUT2D eigenvalue weighted by molar-refractivity contribution is 0.0922. The van der Waals surface area contributed by atoms with Crippen molar-refractivity contribution in [2.24, 2.45) is 0 Å². The Morgan fingerprint density at radius 3 is 2.56 bits per heavy atom. The van der Waals surface area contributed by atoms with Crippen molar-refractivity contribution in [2.75, 3.05) is 25.1 Å². The number of hydrogen-bond donors (Lipinski definition) is 2. The second kappa shape index (κ2) is 10.5. The molecule has 0 aliphatic heterocycles. The van der Waals surface area contributed by atoms with Crippen LogP contribution in [0.2, 0.25) is 0 Å². The van der Waals surface area contributed by atoms with Crippen molar-refractivity contribution in [3.8, 4) is 17.6 Å².